The van der Waals surface area contributed by atoms with Crippen molar-refractivity contribution in [1.82, 2.24) is 4.40 Å². The minimum absolute atomic E-state index is 0.0975. The van der Waals surface area contributed by atoms with Crippen LogP contribution in [0.5, 0.6) is 0 Å². The summed E-state index contributed by atoms with van der Waals surface area (Å²) in [6.45, 7) is 2.20. The van der Waals surface area contributed by atoms with E-state index < -0.39 is 0 Å². The second-order valence-electron chi connectivity index (χ2n) is 7.30. The van der Waals surface area contributed by atoms with Gasteiger partial charge in [-0.1, -0.05) is 54.6 Å². The van der Waals surface area contributed by atoms with Crippen molar-refractivity contribution >= 4 is 28.5 Å². The second kappa shape index (κ2) is 7.28. The first kappa shape index (κ1) is 18.3. The van der Waals surface area contributed by atoms with E-state index in [4.69, 9.17) is 4.99 Å². The van der Waals surface area contributed by atoms with Gasteiger partial charge >= 0.3 is 0 Å². The summed E-state index contributed by atoms with van der Waals surface area (Å²) in [5.41, 5.74) is 6.93. The van der Waals surface area contributed by atoms with Crippen molar-refractivity contribution < 1.29 is 9.90 Å². The number of hydrogen-bond acceptors (Lipinski definition) is 3. The lowest BCUT2D eigenvalue weighted by Gasteiger charge is -2.14. The number of aliphatic imine (C=N–C) groups is 1. The van der Waals surface area contributed by atoms with Crippen LogP contribution in [0.25, 0.3) is 16.8 Å². The number of β-amino-alcohol motifs (C(OH)–C–C–N with tert-alkyl or cyclic N) is 1. The largest absolute Gasteiger partial charge is 0.395 e. The molecule has 2 aromatic carbocycles. The summed E-state index contributed by atoms with van der Waals surface area (Å²) < 4.78 is 2.13. The van der Waals surface area contributed by atoms with Gasteiger partial charge in [0.2, 0.25) is 0 Å². The maximum atomic E-state index is 13.2. The first-order valence-corrected chi connectivity index (χ1v) is 9.96. The Morgan fingerprint density at radius 3 is 2.47 bits per heavy atom. The monoisotopic (exact) mass is 395 g/mol. The fourth-order valence-corrected chi connectivity index (χ4v) is 4.21. The Morgan fingerprint density at radius 2 is 1.67 bits per heavy atom. The summed E-state index contributed by atoms with van der Waals surface area (Å²) in [5.74, 6) is -0.179. The molecule has 1 amide bonds. The van der Waals surface area contributed by atoms with Crippen LogP contribution in [0, 0.1) is 6.92 Å². The number of aromatic nitrogens is 1. The summed E-state index contributed by atoms with van der Waals surface area (Å²) in [5, 5.41) is 9.42. The topological polar surface area (TPSA) is 57.3 Å². The molecule has 1 N–H and O–H groups in total. The molecule has 0 saturated heterocycles. The van der Waals surface area contributed by atoms with Crippen LogP contribution in [0.15, 0.2) is 84.0 Å². The zero-order chi connectivity index (χ0) is 20.7. The lowest BCUT2D eigenvalue weighted by atomic mass is 10.1. The Kier molecular flexibility index (Phi) is 4.45. The predicted octanol–water partition coefficient (Wildman–Crippen LogP) is 4.37. The summed E-state index contributed by atoms with van der Waals surface area (Å²) in [4.78, 5) is 19.7. The fraction of sp³-hybridized carbons (Fsp3) is 0.120. The maximum absolute atomic E-state index is 13.2. The van der Waals surface area contributed by atoms with Crippen molar-refractivity contribution in [3.8, 4) is 11.3 Å². The highest BCUT2D eigenvalue weighted by molar-refractivity contribution is 6.54. The molecule has 5 nitrogen and oxygen atoms in total. The number of rotatable bonds is 4. The van der Waals surface area contributed by atoms with Gasteiger partial charge in [0.15, 0.2) is 0 Å². The second-order valence-corrected chi connectivity index (χ2v) is 7.30. The first-order chi connectivity index (χ1) is 14.7. The van der Waals surface area contributed by atoms with Gasteiger partial charge in [-0.05, 0) is 30.7 Å². The molecule has 0 atom stereocenters. The maximum Gasteiger partial charge on any atom is 0.277 e. The predicted molar refractivity (Wildman–Crippen MR) is 120 cm³/mol. The van der Waals surface area contributed by atoms with E-state index in [0.29, 0.717) is 5.71 Å². The normalized spacial score (nSPS) is 14.7. The van der Waals surface area contributed by atoms with E-state index >= 15 is 0 Å². The van der Waals surface area contributed by atoms with Crippen LogP contribution < -0.4 is 4.90 Å². The van der Waals surface area contributed by atoms with E-state index in [1.807, 2.05) is 73.8 Å². The zero-order valence-corrected chi connectivity index (χ0v) is 16.6. The Labute approximate surface area is 174 Å². The zero-order valence-electron chi connectivity index (χ0n) is 16.6. The van der Waals surface area contributed by atoms with E-state index in [0.717, 1.165) is 39.3 Å². The smallest absolute Gasteiger partial charge is 0.277 e. The van der Waals surface area contributed by atoms with Gasteiger partial charge in [-0.3, -0.25) is 4.79 Å². The molecule has 3 heterocycles. The highest BCUT2D eigenvalue weighted by atomic mass is 16.3. The summed E-state index contributed by atoms with van der Waals surface area (Å²) in [6.07, 6.45) is 2.02. The minimum atomic E-state index is -0.179. The van der Waals surface area contributed by atoms with Crippen LogP contribution in [-0.2, 0) is 4.79 Å². The Bertz CT molecular complexity index is 1290. The number of carbonyl (C=O) groups is 1. The van der Waals surface area contributed by atoms with Crippen molar-refractivity contribution in [2.24, 2.45) is 4.99 Å². The molecule has 5 rings (SSSR count). The quantitative estimate of drug-likeness (QED) is 0.558. The number of amides is 1. The highest BCUT2D eigenvalue weighted by Gasteiger charge is 2.33. The Balaban J connectivity index is 1.75. The van der Waals surface area contributed by atoms with Gasteiger partial charge in [-0.2, -0.15) is 0 Å². The first-order valence-electron chi connectivity index (χ1n) is 9.96. The van der Waals surface area contributed by atoms with Crippen LogP contribution in [0.2, 0.25) is 0 Å². The number of aliphatic hydroxyl groups is 1. The summed E-state index contributed by atoms with van der Waals surface area (Å²) in [7, 11) is 0. The molecule has 0 unspecified atom stereocenters. The highest BCUT2D eigenvalue weighted by Crippen LogP contribution is 2.39. The number of anilines is 1. The Morgan fingerprint density at radius 1 is 0.933 bits per heavy atom. The van der Waals surface area contributed by atoms with E-state index in [9.17, 15) is 9.90 Å². The van der Waals surface area contributed by atoms with Crippen molar-refractivity contribution in [3.63, 3.8) is 0 Å². The van der Waals surface area contributed by atoms with Gasteiger partial charge in [-0.25, -0.2) is 4.99 Å². The third-order valence-corrected chi connectivity index (χ3v) is 5.55. The SMILES string of the molecule is Cc1c(N=C2C(=O)N(CCO)c3ccccc32)c2ccccn2c1-c1ccccc1. The molecule has 0 bridgehead atoms. The van der Waals surface area contributed by atoms with Gasteiger partial charge in [0.1, 0.15) is 5.71 Å². The number of benzene rings is 2. The molecular weight excluding hydrogens is 374 g/mol. The van der Waals surface area contributed by atoms with Crippen LogP contribution in [-0.4, -0.2) is 34.3 Å². The van der Waals surface area contributed by atoms with E-state index in [1.54, 1.807) is 4.90 Å². The number of carbonyl (C=O) groups excluding carboxylic acids is 1. The minimum Gasteiger partial charge on any atom is -0.395 e. The van der Waals surface area contributed by atoms with Crippen LogP contribution >= 0.6 is 0 Å². The van der Waals surface area contributed by atoms with Crippen LogP contribution in [0.1, 0.15) is 11.1 Å². The molecule has 4 aromatic rings. The van der Waals surface area contributed by atoms with Gasteiger partial charge < -0.3 is 14.4 Å². The lowest BCUT2D eigenvalue weighted by Crippen LogP contribution is -2.32. The standard InChI is InChI=1S/C25H21N3O2/c1-17-22(21-13-7-8-14-27(21)24(17)18-9-3-2-4-10-18)26-23-19-11-5-6-12-20(19)28(15-16-29)25(23)30/h2-14,29H,15-16H2,1H3. The van der Waals surface area contributed by atoms with Gasteiger partial charge in [0, 0.05) is 23.9 Å². The number of pyridine rings is 1. The molecule has 1 aliphatic rings. The average molecular weight is 395 g/mol. The lowest BCUT2D eigenvalue weighted by molar-refractivity contribution is -0.112. The number of hydrogen-bond donors (Lipinski definition) is 1. The molecule has 0 aliphatic carbocycles. The molecule has 0 spiro atoms. The average Bonchev–Trinajstić information content (AvgIpc) is 3.21. The van der Waals surface area contributed by atoms with Gasteiger partial charge in [0.05, 0.1) is 29.2 Å². The number of aliphatic hydroxyl groups excluding tert-OH is 1. The molecular formula is C25H21N3O2. The van der Waals surface area contributed by atoms with Crippen molar-refractivity contribution in [3.05, 3.63) is 90.1 Å². The molecule has 148 valence electrons. The molecule has 5 heteroatoms. The van der Waals surface area contributed by atoms with Crippen molar-refractivity contribution in [1.29, 1.82) is 0 Å². The number of fused-ring (bicyclic) bond motifs is 2. The van der Waals surface area contributed by atoms with Gasteiger partial charge in [0.25, 0.3) is 5.91 Å². The summed E-state index contributed by atoms with van der Waals surface area (Å²) >= 11 is 0. The fourth-order valence-electron chi connectivity index (χ4n) is 4.21. The molecule has 1 aliphatic heterocycles. The molecule has 0 radical (unpaired) electrons. The molecule has 30 heavy (non-hydrogen) atoms. The third-order valence-electron chi connectivity index (χ3n) is 5.55. The summed E-state index contributed by atoms with van der Waals surface area (Å²) in [6, 6.07) is 23.8. The van der Waals surface area contributed by atoms with Crippen LogP contribution in [0.4, 0.5) is 11.4 Å². The molecule has 0 saturated carbocycles. The van der Waals surface area contributed by atoms with Gasteiger partial charge in [-0.15, -0.1) is 0 Å². The number of nitrogens with zero attached hydrogens (tertiary/aromatic N) is 3. The Hall–Kier alpha value is -3.70. The number of para-hydroxylation sites is 1. The van der Waals surface area contributed by atoms with E-state index in [-0.39, 0.29) is 19.1 Å². The van der Waals surface area contributed by atoms with Crippen LogP contribution in [0.3, 0.4) is 0 Å². The third kappa shape index (κ3) is 2.75. The van der Waals surface area contributed by atoms with Crippen molar-refractivity contribution in [2.45, 2.75) is 6.92 Å². The molecule has 2 aromatic heterocycles. The van der Waals surface area contributed by atoms with E-state index in [1.165, 1.54) is 0 Å². The van der Waals surface area contributed by atoms with E-state index in [2.05, 4.69) is 16.5 Å². The van der Waals surface area contributed by atoms with Crippen molar-refractivity contribution in [2.75, 3.05) is 18.1 Å². The molecule has 0 fully saturated rings.